The second-order valence-corrected chi connectivity index (χ2v) is 5.67. The topological polar surface area (TPSA) is 15.3 Å². The monoisotopic (exact) mass is 272 g/mol. The van der Waals surface area contributed by atoms with Crippen LogP contribution in [0.4, 0.5) is 8.78 Å². The number of nitrogens with zero attached hydrogens (tertiary/aromatic N) is 1. The van der Waals surface area contributed by atoms with Crippen LogP contribution >= 0.6 is 11.8 Å². The summed E-state index contributed by atoms with van der Waals surface area (Å²) in [5.41, 5.74) is 0.152. The highest BCUT2D eigenvalue weighted by atomic mass is 32.2. The molecule has 0 spiro atoms. The molecule has 2 atom stereocenters. The Balaban J connectivity index is 2.32. The van der Waals surface area contributed by atoms with Gasteiger partial charge in [0.05, 0.1) is 6.04 Å². The Morgan fingerprint density at radius 2 is 2.06 bits per heavy atom. The van der Waals surface area contributed by atoms with E-state index in [1.54, 1.807) is 7.05 Å². The summed E-state index contributed by atoms with van der Waals surface area (Å²) in [5.74, 6) is 1.01. The standard InChI is InChI=1S/C13H18F2N2S/c1-16-13(11-8-18-7-6-17(11)2)12-9(14)4-3-5-10(12)15/h3-5,11,13,16H,6-8H2,1-2H3. The molecule has 0 amide bonds. The molecule has 18 heavy (non-hydrogen) atoms. The number of benzene rings is 1. The van der Waals surface area contributed by atoms with Crippen LogP contribution in [-0.4, -0.2) is 43.1 Å². The number of halogens is 2. The van der Waals surface area contributed by atoms with Gasteiger partial charge in [0.1, 0.15) is 11.6 Å². The van der Waals surface area contributed by atoms with Crippen molar-refractivity contribution in [3.05, 3.63) is 35.4 Å². The van der Waals surface area contributed by atoms with Crippen molar-refractivity contribution >= 4 is 11.8 Å². The van der Waals surface area contributed by atoms with Gasteiger partial charge >= 0.3 is 0 Å². The average Bonchev–Trinajstić information content (AvgIpc) is 2.35. The van der Waals surface area contributed by atoms with Gasteiger partial charge < -0.3 is 5.32 Å². The summed E-state index contributed by atoms with van der Waals surface area (Å²) in [6.45, 7) is 0.948. The zero-order valence-corrected chi connectivity index (χ0v) is 11.4. The molecule has 1 aromatic carbocycles. The molecule has 2 unspecified atom stereocenters. The number of hydrogen-bond donors (Lipinski definition) is 1. The van der Waals surface area contributed by atoms with Crippen LogP contribution in [0.25, 0.3) is 0 Å². The maximum absolute atomic E-state index is 13.9. The smallest absolute Gasteiger partial charge is 0.130 e. The normalized spacial score (nSPS) is 23.0. The van der Waals surface area contributed by atoms with E-state index in [1.807, 2.05) is 18.8 Å². The average molecular weight is 272 g/mol. The minimum absolute atomic E-state index is 0.111. The summed E-state index contributed by atoms with van der Waals surface area (Å²) >= 11 is 1.83. The maximum Gasteiger partial charge on any atom is 0.130 e. The third-order valence-corrected chi connectivity index (χ3v) is 4.50. The minimum atomic E-state index is -0.474. The van der Waals surface area contributed by atoms with Crippen LogP contribution in [0.15, 0.2) is 18.2 Å². The van der Waals surface area contributed by atoms with E-state index in [-0.39, 0.29) is 17.6 Å². The largest absolute Gasteiger partial charge is 0.311 e. The van der Waals surface area contributed by atoms with Gasteiger partial charge in [-0.3, -0.25) is 4.90 Å². The Labute approximate surface area is 111 Å². The minimum Gasteiger partial charge on any atom is -0.311 e. The molecule has 0 aliphatic carbocycles. The van der Waals surface area contributed by atoms with Crippen molar-refractivity contribution < 1.29 is 8.78 Å². The van der Waals surface area contributed by atoms with Gasteiger partial charge in [0.25, 0.3) is 0 Å². The van der Waals surface area contributed by atoms with Crippen LogP contribution in [0.2, 0.25) is 0 Å². The van der Waals surface area contributed by atoms with Gasteiger partial charge in [0.2, 0.25) is 0 Å². The molecular formula is C13H18F2N2S. The number of nitrogens with one attached hydrogen (secondary N) is 1. The van der Waals surface area contributed by atoms with Crippen molar-refractivity contribution in [2.24, 2.45) is 0 Å². The van der Waals surface area contributed by atoms with Crippen molar-refractivity contribution in [3.63, 3.8) is 0 Å². The van der Waals surface area contributed by atoms with Crippen LogP contribution in [0, 0.1) is 11.6 Å². The van der Waals surface area contributed by atoms with Crippen LogP contribution in [0.3, 0.4) is 0 Å². The van der Waals surface area contributed by atoms with Crippen molar-refractivity contribution in [1.82, 2.24) is 10.2 Å². The molecule has 1 saturated heterocycles. The zero-order chi connectivity index (χ0) is 13.1. The predicted molar refractivity (Wildman–Crippen MR) is 71.9 cm³/mol. The SMILES string of the molecule is CNC(c1c(F)cccc1F)C1CSCCN1C. The van der Waals surface area contributed by atoms with Crippen molar-refractivity contribution in [2.75, 3.05) is 32.1 Å². The molecule has 0 aromatic heterocycles. The first-order valence-electron chi connectivity index (χ1n) is 6.04. The first kappa shape index (κ1) is 13.8. The molecule has 1 aliphatic rings. The molecule has 1 N–H and O–H groups in total. The summed E-state index contributed by atoms with van der Waals surface area (Å²) in [7, 11) is 3.76. The lowest BCUT2D eigenvalue weighted by Crippen LogP contribution is -2.47. The highest BCUT2D eigenvalue weighted by Gasteiger charge is 2.31. The maximum atomic E-state index is 13.9. The zero-order valence-electron chi connectivity index (χ0n) is 10.6. The second-order valence-electron chi connectivity index (χ2n) is 4.52. The Hall–Kier alpha value is -0.650. The van der Waals surface area contributed by atoms with E-state index in [9.17, 15) is 8.78 Å². The first-order chi connectivity index (χ1) is 8.65. The fourth-order valence-electron chi connectivity index (χ4n) is 2.39. The molecule has 0 radical (unpaired) electrons. The van der Waals surface area contributed by atoms with Crippen LogP contribution in [0.5, 0.6) is 0 Å². The highest BCUT2D eigenvalue weighted by Crippen LogP contribution is 2.29. The molecule has 2 nitrogen and oxygen atoms in total. The van der Waals surface area contributed by atoms with Crippen molar-refractivity contribution in [3.8, 4) is 0 Å². The van der Waals surface area contributed by atoms with Gasteiger partial charge in [0.15, 0.2) is 0 Å². The highest BCUT2D eigenvalue weighted by molar-refractivity contribution is 7.99. The Bertz CT molecular complexity index is 394. The third-order valence-electron chi connectivity index (χ3n) is 3.45. The van der Waals surface area contributed by atoms with E-state index in [1.165, 1.54) is 18.2 Å². The fraction of sp³-hybridized carbons (Fsp3) is 0.538. The van der Waals surface area contributed by atoms with Gasteiger partial charge in [-0.1, -0.05) is 6.07 Å². The van der Waals surface area contributed by atoms with E-state index < -0.39 is 11.6 Å². The summed E-state index contributed by atoms with van der Waals surface area (Å²) < 4.78 is 27.7. The van der Waals surface area contributed by atoms with Crippen LogP contribution in [-0.2, 0) is 0 Å². The van der Waals surface area contributed by atoms with E-state index in [4.69, 9.17) is 0 Å². The van der Waals surface area contributed by atoms with Gasteiger partial charge in [0, 0.05) is 29.7 Å². The summed E-state index contributed by atoms with van der Waals surface area (Å²) in [5, 5.41) is 3.07. The molecule has 1 aromatic rings. The number of rotatable bonds is 3. The van der Waals surface area contributed by atoms with E-state index >= 15 is 0 Å². The molecule has 1 aliphatic heterocycles. The second kappa shape index (κ2) is 5.99. The number of thioether (sulfide) groups is 1. The molecule has 100 valence electrons. The summed E-state index contributed by atoms with van der Waals surface area (Å²) in [4.78, 5) is 2.17. The summed E-state index contributed by atoms with van der Waals surface area (Å²) in [6, 6.07) is 3.83. The van der Waals surface area contributed by atoms with Gasteiger partial charge in [-0.2, -0.15) is 11.8 Å². The van der Waals surface area contributed by atoms with E-state index in [2.05, 4.69) is 10.2 Å². The number of hydrogen-bond acceptors (Lipinski definition) is 3. The molecule has 0 bridgehead atoms. The third kappa shape index (κ3) is 2.68. The van der Waals surface area contributed by atoms with E-state index in [0.717, 1.165) is 18.1 Å². The summed E-state index contributed by atoms with van der Waals surface area (Å²) in [6.07, 6.45) is 0. The van der Waals surface area contributed by atoms with Crippen LogP contribution in [0.1, 0.15) is 11.6 Å². The van der Waals surface area contributed by atoms with Crippen molar-refractivity contribution in [2.45, 2.75) is 12.1 Å². The van der Waals surface area contributed by atoms with E-state index in [0.29, 0.717) is 0 Å². The predicted octanol–water partition coefficient (Wildman–Crippen LogP) is 2.27. The van der Waals surface area contributed by atoms with Gasteiger partial charge in [-0.25, -0.2) is 8.78 Å². The quantitative estimate of drug-likeness (QED) is 0.909. The van der Waals surface area contributed by atoms with Gasteiger partial charge in [-0.15, -0.1) is 0 Å². The molecule has 1 heterocycles. The lowest BCUT2D eigenvalue weighted by atomic mass is 9.98. The Kier molecular flexibility index (Phi) is 4.59. The van der Waals surface area contributed by atoms with Gasteiger partial charge in [-0.05, 0) is 26.2 Å². The molecule has 0 saturated carbocycles. The van der Waals surface area contributed by atoms with Crippen LogP contribution < -0.4 is 5.32 Å². The molecule has 2 rings (SSSR count). The molecule has 1 fully saturated rings. The fourth-order valence-corrected chi connectivity index (χ4v) is 3.67. The molecular weight excluding hydrogens is 254 g/mol. The Morgan fingerprint density at radius 1 is 1.39 bits per heavy atom. The lowest BCUT2D eigenvalue weighted by molar-refractivity contribution is 0.215. The lowest BCUT2D eigenvalue weighted by Gasteiger charge is -2.38. The van der Waals surface area contributed by atoms with Crippen molar-refractivity contribution in [1.29, 1.82) is 0 Å². The number of likely N-dealkylation sites (N-methyl/N-ethyl adjacent to an activating group) is 2. The Morgan fingerprint density at radius 3 is 2.61 bits per heavy atom. The first-order valence-corrected chi connectivity index (χ1v) is 7.19. The molecule has 5 heteroatoms.